The average molecular weight is 873 g/mol. The normalized spacial score (nSPS) is 19.4. The average Bonchev–Trinajstić information content (AvgIpc) is 4.06. The van der Waals surface area contributed by atoms with Crippen molar-refractivity contribution in [3.05, 3.63) is 155 Å². The van der Waals surface area contributed by atoms with Crippen LogP contribution in [0.4, 0.5) is 0 Å². The zero-order valence-corrected chi connectivity index (χ0v) is 34.8. The Morgan fingerprint density at radius 3 is 1.26 bits per heavy atom. The second kappa shape index (κ2) is 16.1. The molecule has 6 aromatic carbocycles. The van der Waals surface area contributed by atoms with Gasteiger partial charge in [-0.3, -0.25) is 0 Å². The van der Waals surface area contributed by atoms with Gasteiger partial charge in [-0.15, -0.1) is 0 Å². The van der Waals surface area contributed by atoms with Crippen molar-refractivity contribution in [2.75, 3.05) is 13.2 Å². The molecule has 2 saturated carbocycles. The van der Waals surface area contributed by atoms with Crippen molar-refractivity contribution in [2.45, 2.75) is 65.1 Å². The van der Waals surface area contributed by atoms with Crippen LogP contribution < -0.4 is 0 Å². The Kier molecular flexibility index (Phi) is 10.6. The maximum atomic E-state index is 7.91. The molecule has 4 aliphatic carbocycles. The summed E-state index contributed by atoms with van der Waals surface area (Å²) in [5.41, 5.74) is 15.7. The summed E-state index contributed by atoms with van der Waals surface area (Å²) in [7, 11) is 0. The molecule has 2 N–H and O–H groups in total. The van der Waals surface area contributed by atoms with E-state index in [0.717, 1.165) is 11.8 Å². The number of allylic oxidation sites excluding steroid dienone is 2. The summed E-state index contributed by atoms with van der Waals surface area (Å²) in [6.45, 7) is 0.188. The van der Waals surface area contributed by atoms with Crippen LogP contribution >= 0.6 is 0 Å². The van der Waals surface area contributed by atoms with E-state index in [1.165, 1.54) is 106 Å². The smallest absolute Gasteiger partial charge is 0.0452 e. The zero-order valence-electron chi connectivity index (χ0n) is 31.2. The van der Waals surface area contributed by atoms with E-state index < -0.39 is 22.9 Å². The Labute approximate surface area is 332 Å². The molecular weight excluding hydrogens is 823 g/mol. The van der Waals surface area contributed by atoms with E-state index >= 15 is 0 Å². The Morgan fingerprint density at radius 1 is 0.444 bits per heavy atom. The van der Waals surface area contributed by atoms with Crippen LogP contribution in [0.25, 0.3) is 56.0 Å². The molecule has 270 valence electrons. The van der Waals surface area contributed by atoms with Crippen molar-refractivity contribution in [1.82, 2.24) is 0 Å². The molecule has 6 aromatic rings. The van der Waals surface area contributed by atoms with Gasteiger partial charge in [0.1, 0.15) is 0 Å². The Balaban J connectivity index is 0.000000724. The van der Waals surface area contributed by atoms with E-state index in [-0.39, 0.29) is 13.2 Å². The van der Waals surface area contributed by atoms with Crippen LogP contribution in [0.3, 0.4) is 0 Å². The fourth-order valence-electron chi connectivity index (χ4n) is 10.1. The standard InChI is InChI=1S/2C24H21.C3H8O2.Hf/c2*1-2-8-17(7-1)20-15-19-11-6-14-23(24(19)16-20)22-13-5-10-18-9-3-4-12-21(18)22;4-2-1-3-5;/h2*3-6,9-17H,1-2,7-8H2;4-5H,1-3H2;. The molecule has 0 spiro atoms. The summed E-state index contributed by atoms with van der Waals surface area (Å²) in [6.07, 6.45) is 17.0. The largest absolute Gasteiger partial charge is 0.396 e. The van der Waals surface area contributed by atoms with Crippen molar-refractivity contribution < 1.29 is 33.1 Å². The molecule has 2 fully saturated rings. The first-order valence-corrected chi connectivity index (χ1v) is 24.5. The number of benzene rings is 6. The first-order chi connectivity index (χ1) is 26.7. The fraction of sp³-hybridized carbons (Fsp3) is 0.294. The zero-order chi connectivity index (χ0) is 36.4. The molecule has 4 aliphatic rings. The minimum absolute atomic E-state index is 0.0938. The van der Waals surface area contributed by atoms with E-state index in [0.29, 0.717) is 13.8 Å². The van der Waals surface area contributed by atoms with Gasteiger partial charge < -0.3 is 10.2 Å². The molecule has 10 rings (SSSR count). The molecule has 0 saturated heterocycles. The molecule has 0 amide bonds. The van der Waals surface area contributed by atoms with Gasteiger partial charge in [0, 0.05) is 13.2 Å². The summed E-state index contributed by atoms with van der Waals surface area (Å²) in [5, 5.41) is 21.2. The van der Waals surface area contributed by atoms with E-state index in [1.54, 1.807) is 11.1 Å². The van der Waals surface area contributed by atoms with Gasteiger partial charge in [0.25, 0.3) is 0 Å². The third kappa shape index (κ3) is 6.71. The van der Waals surface area contributed by atoms with Gasteiger partial charge in [-0.05, 0) is 6.42 Å². The molecule has 2 unspecified atom stereocenters. The van der Waals surface area contributed by atoms with Gasteiger partial charge in [0.2, 0.25) is 0 Å². The predicted octanol–water partition coefficient (Wildman–Crippen LogP) is 12.7. The van der Waals surface area contributed by atoms with Crippen LogP contribution in [-0.2, 0) is 22.9 Å². The van der Waals surface area contributed by atoms with Crippen molar-refractivity contribution in [3.63, 3.8) is 0 Å². The second-order valence-electron chi connectivity index (χ2n) is 15.8. The molecular formula is C51H50HfO2. The number of rotatable bonds is 8. The third-order valence-corrected chi connectivity index (χ3v) is 19.7. The molecule has 54 heavy (non-hydrogen) atoms. The third-order valence-electron chi connectivity index (χ3n) is 12.7. The topological polar surface area (TPSA) is 40.5 Å². The Hall–Kier alpha value is -3.89. The van der Waals surface area contributed by atoms with Crippen molar-refractivity contribution in [3.8, 4) is 22.3 Å². The summed E-state index contributed by atoms with van der Waals surface area (Å²) >= 11 is -1.35. The van der Waals surface area contributed by atoms with E-state index in [2.05, 4.69) is 133 Å². The van der Waals surface area contributed by atoms with Crippen LogP contribution in [0.2, 0.25) is 0 Å². The fourth-order valence-corrected chi connectivity index (χ4v) is 18.0. The van der Waals surface area contributed by atoms with Gasteiger partial charge in [-0.2, -0.15) is 0 Å². The van der Waals surface area contributed by atoms with E-state index in [9.17, 15) is 0 Å². The first kappa shape index (κ1) is 35.8. The van der Waals surface area contributed by atoms with Crippen molar-refractivity contribution in [2.24, 2.45) is 11.8 Å². The number of aliphatic hydroxyl groups excluding tert-OH is 2. The molecule has 0 aromatic heterocycles. The summed E-state index contributed by atoms with van der Waals surface area (Å²) in [6, 6.07) is 46.3. The quantitative estimate of drug-likeness (QED) is 0.150. The summed E-state index contributed by atoms with van der Waals surface area (Å²) < 4.78 is 1.32. The van der Waals surface area contributed by atoms with Crippen LogP contribution in [-0.4, -0.2) is 23.4 Å². The van der Waals surface area contributed by atoms with Crippen molar-refractivity contribution >= 4 is 33.7 Å². The van der Waals surface area contributed by atoms with Gasteiger partial charge >= 0.3 is 304 Å². The number of hydrogen-bond donors (Lipinski definition) is 2. The molecule has 2 atom stereocenters. The summed E-state index contributed by atoms with van der Waals surface area (Å²) in [5.74, 6) is 1.51. The molecule has 0 bridgehead atoms. The number of fused-ring (bicyclic) bond motifs is 4. The number of aliphatic hydroxyl groups is 2. The van der Waals surface area contributed by atoms with Crippen LogP contribution in [0.5, 0.6) is 0 Å². The summed E-state index contributed by atoms with van der Waals surface area (Å²) in [4.78, 5) is 0. The molecule has 2 nitrogen and oxygen atoms in total. The van der Waals surface area contributed by atoms with Crippen molar-refractivity contribution in [1.29, 1.82) is 0 Å². The van der Waals surface area contributed by atoms with Gasteiger partial charge in [0.05, 0.1) is 0 Å². The maximum Gasteiger partial charge on any atom is 0.0452 e. The minimum Gasteiger partial charge on any atom is -0.396 e. The monoisotopic (exact) mass is 874 g/mol. The molecule has 3 heteroatoms. The van der Waals surface area contributed by atoms with Crippen LogP contribution in [0.1, 0.15) is 87.4 Å². The Morgan fingerprint density at radius 2 is 0.833 bits per heavy atom. The van der Waals surface area contributed by atoms with E-state index in [4.69, 9.17) is 10.2 Å². The van der Waals surface area contributed by atoms with Gasteiger partial charge in [0.15, 0.2) is 0 Å². The van der Waals surface area contributed by atoms with Gasteiger partial charge in [-0.25, -0.2) is 0 Å². The first-order valence-electron chi connectivity index (χ1n) is 20.4. The minimum atomic E-state index is -1.35. The molecule has 0 aliphatic heterocycles. The van der Waals surface area contributed by atoms with E-state index in [1.807, 2.05) is 11.1 Å². The molecule has 0 radical (unpaired) electrons. The predicted molar refractivity (Wildman–Crippen MR) is 223 cm³/mol. The molecule has 0 heterocycles. The SMILES string of the molecule is C1=C(C2CCCC2)[CH]([Hf][CH]2C(C3CCCC3)=Cc3c(-c4cccc5ccccc45)cccc32)c2cccc(-c3cccc4ccccc34)c21.OCCCO. The Bertz CT molecular complexity index is 2180. The van der Waals surface area contributed by atoms with Crippen LogP contribution in [0.15, 0.2) is 132 Å². The number of hydrogen-bond acceptors (Lipinski definition) is 2. The second-order valence-corrected chi connectivity index (χ2v) is 21.1. The van der Waals surface area contributed by atoms with Gasteiger partial charge in [-0.1, -0.05) is 0 Å². The maximum absolute atomic E-state index is 7.91. The van der Waals surface area contributed by atoms with Crippen LogP contribution in [0, 0.1) is 11.8 Å².